The second kappa shape index (κ2) is 5.99. The maximum atomic E-state index is 5.99. The zero-order valence-electron chi connectivity index (χ0n) is 11.2. The van der Waals surface area contributed by atoms with Gasteiger partial charge in [0.25, 0.3) is 0 Å². The Labute approximate surface area is 117 Å². The Morgan fingerprint density at radius 2 is 1.74 bits per heavy atom. The van der Waals surface area contributed by atoms with Crippen molar-refractivity contribution < 1.29 is 4.74 Å². The SMILES string of the molecule is CNCc1cnc(Oc2c(C)cc(Cl)cc2C)nc1. The lowest BCUT2D eigenvalue weighted by molar-refractivity contribution is 0.434. The first-order chi connectivity index (χ1) is 9.10. The fourth-order valence-corrected chi connectivity index (χ4v) is 2.17. The molecule has 0 unspecified atom stereocenters. The minimum absolute atomic E-state index is 0.341. The molecule has 0 aliphatic heterocycles. The maximum Gasteiger partial charge on any atom is 0.321 e. The molecule has 19 heavy (non-hydrogen) atoms. The van der Waals surface area contributed by atoms with Crippen molar-refractivity contribution in [3.8, 4) is 11.8 Å². The monoisotopic (exact) mass is 277 g/mol. The van der Waals surface area contributed by atoms with Crippen molar-refractivity contribution in [2.75, 3.05) is 7.05 Å². The van der Waals surface area contributed by atoms with E-state index in [0.29, 0.717) is 11.0 Å². The van der Waals surface area contributed by atoms with Gasteiger partial charge >= 0.3 is 6.01 Å². The lowest BCUT2D eigenvalue weighted by Gasteiger charge is -2.10. The molecule has 0 bridgehead atoms. The first kappa shape index (κ1) is 13.8. The number of nitrogens with one attached hydrogen (secondary N) is 1. The van der Waals surface area contributed by atoms with Crippen molar-refractivity contribution in [3.05, 3.63) is 46.2 Å². The minimum Gasteiger partial charge on any atom is -0.424 e. The molecule has 0 amide bonds. The lowest BCUT2D eigenvalue weighted by atomic mass is 10.1. The van der Waals surface area contributed by atoms with Crippen LogP contribution in [-0.2, 0) is 6.54 Å². The van der Waals surface area contributed by atoms with Gasteiger partial charge in [0.1, 0.15) is 5.75 Å². The molecule has 4 nitrogen and oxygen atoms in total. The van der Waals surface area contributed by atoms with Crippen LogP contribution >= 0.6 is 11.6 Å². The van der Waals surface area contributed by atoms with E-state index in [1.807, 2.05) is 33.0 Å². The van der Waals surface area contributed by atoms with Crippen LogP contribution in [-0.4, -0.2) is 17.0 Å². The van der Waals surface area contributed by atoms with Crippen molar-refractivity contribution in [1.29, 1.82) is 0 Å². The van der Waals surface area contributed by atoms with Gasteiger partial charge in [-0.15, -0.1) is 0 Å². The average molecular weight is 278 g/mol. The van der Waals surface area contributed by atoms with Gasteiger partial charge in [0.05, 0.1) is 0 Å². The molecule has 100 valence electrons. The lowest BCUT2D eigenvalue weighted by Crippen LogP contribution is -2.06. The first-order valence-electron chi connectivity index (χ1n) is 6.00. The van der Waals surface area contributed by atoms with E-state index in [0.717, 1.165) is 29.0 Å². The van der Waals surface area contributed by atoms with Gasteiger partial charge in [-0.2, -0.15) is 0 Å². The van der Waals surface area contributed by atoms with Crippen molar-refractivity contribution in [2.45, 2.75) is 20.4 Å². The zero-order valence-corrected chi connectivity index (χ0v) is 12.0. The molecule has 2 aromatic rings. The summed E-state index contributed by atoms with van der Waals surface area (Å²) in [5.74, 6) is 0.755. The average Bonchev–Trinajstić information content (AvgIpc) is 2.36. The number of aryl methyl sites for hydroxylation is 2. The number of aromatic nitrogens is 2. The molecule has 1 heterocycles. The molecule has 0 atom stereocenters. The highest BCUT2D eigenvalue weighted by Gasteiger charge is 2.08. The molecule has 1 aromatic heterocycles. The van der Waals surface area contributed by atoms with Crippen molar-refractivity contribution in [2.24, 2.45) is 0 Å². The van der Waals surface area contributed by atoms with Gasteiger partial charge < -0.3 is 10.1 Å². The number of halogens is 1. The molecule has 5 heteroatoms. The summed E-state index contributed by atoms with van der Waals surface area (Å²) in [7, 11) is 1.88. The second-order valence-corrected chi connectivity index (χ2v) is 4.81. The molecule has 0 saturated carbocycles. The summed E-state index contributed by atoms with van der Waals surface area (Å²) in [6.07, 6.45) is 3.50. The highest BCUT2D eigenvalue weighted by molar-refractivity contribution is 6.30. The quantitative estimate of drug-likeness (QED) is 0.932. The molecule has 0 radical (unpaired) electrons. The molecule has 0 spiro atoms. The number of hydrogen-bond donors (Lipinski definition) is 1. The summed E-state index contributed by atoms with van der Waals surface area (Å²) in [6.45, 7) is 4.63. The predicted octanol–water partition coefficient (Wildman–Crippen LogP) is 3.26. The van der Waals surface area contributed by atoms with Gasteiger partial charge in [-0.05, 0) is 44.2 Å². The van der Waals surface area contributed by atoms with Crippen LogP contribution in [0.5, 0.6) is 11.8 Å². The van der Waals surface area contributed by atoms with Gasteiger partial charge in [-0.1, -0.05) is 11.6 Å². The van der Waals surface area contributed by atoms with Crippen molar-refractivity contribution in [1.82, 2.24) is 15.3 Å². The Kier molecular flexibility index (Phi) is 4.35. The first-order valence-corrected chi connectivity index (χ1v) is 6.38. The third-order valence-corrected chi connectivity index (χ3v) is 2.90. The Hall–Kier alpha value is -1.65. The van der Waals surface area contributed by atoms with E-state index in [2.05, 4.69) is 15.3 Å². The van der Waals surface area contributed by atoms with Crippen LogP contribution in [0.4, 0.5) is 0 Å². The molecular weight excluding hydrogens is 262 g/mol. The normalized spacial score (nSPS) is 10.5. The molecule has 2 rings (SSSR count). The third kappa shape index (κ3) is 3.43. The molecule has 1 N–H and O–H groups in total. The van der Waals surface area contributed by atoms with Crippen LogP contribution in [0.2, 0.25) is 5.02 Å². The Morgan fingerprint density at radius 3 is 2.26 bits per heavy atom. The Balaban J connectivity index is 2.21. The van der Waals surface area contributed by atoms with Crippen molar-refractivity contribution in [3.63, 3.8) is 0 Å². The smallest absolute Gasteiger partial charge is 0.321 e. The van der Waals surface area contributed by atoms with E-state index >= 15 is 0 Å². The van der Waals surface area contributed by atoms with Crippen molar-refractivity contribution >= 4 is 11.6 Å². The summed E-state index contributed by atoms with van der Waals surface area (Å²) in [4.78, 5) is 8.38. The van der Waals surface area contributed by atoms with Crippen LogP contribution < -0.4 is 10.1 Å². The number of ether oxygens (including phenoxy) is 1. The topological polar surface area (TPSA) is 47.0 Å². The molecule has 0 aliphatic carbocycles. The fraction of sp³-hybridized carbons (Fsp3) is 0.286. The fourth-order valence-electron chi connectivity index (χ4n) is 1.84. The van der Waals surface area contributed by atoms with Gasteiger partial charge in [0, 0.05) is 29.5 Å². The predicted molar refractivity (Wildman–Crippen MR) is 75.8 cm³/mol. The zero-order chi connectivity index (χ0) is 13.8. The summed E-state index contributed by atoms with van der Waals surface area (Å²) in [5.41, 5.74) is 2.94. The van der Waals surface area contributed by atoms with Crippen LogP contribution in [0.1, 0.15) is 16.7 Å². The van der Waals surface area contributed by atoms with E-state index in [1.165, 1.54) is 0 Å². The van der Waals surface area contributed by atoms with E-state index in [1.54, 1.807) is 12.4 Å². The summed E-state index contributed by atoms with van der Waals surface area (Å²) in [6, 6.07) is 4.06. The molecule has 0 fully saturated rings. The highest BCUT2D eigenvalue weighted by atomic mass is 35.5. The van der Waals surface area contributed by atoms with Crippen LogP contribution in [0.25, 0.3) is 0 Å². The van der Waals surface area contributed by atoms with Gasteiger partial charge in [0.15, 0.2) is 0 Å². The Bertz CT molecular complexity index is 546. The van der Waals surface area contributed by atoms with E-state index in [9.17, 15) is 0 Å². The maximum absolute atomic E-state index is 5.99. The third-order valence-electron chi connectivity index (χ3n) is 2.68. The largest absolute Gasteiger partial charge is 0.424 e. The van der Waals surface area contributed by atoms with Gasteiger partial charge in [0.2, 0.25) is 0 Å². The van der Waals surface area contributed by atoms with E-state index in [4.69, 9.17) is 16.3 Å². The number of nitrogens with zero attached hydrogens (tertiary/aromatic N) is 2. The standard InChI is InChI=1S/C14H16ClN3O/c1-9-4-12(15)5-10(2)13(9)19-14-17-7-11(6-16-3)8-18-14/h4-5,7-8,16H,6H2,1-3H3. The second-order valence-electron chi connectivity index (χ2n) is 4.37. The number of rotatable bonds is 4. The summed E-state index contributed by atoms with van der Waals surface area (Å²) >= 11 is 5.99. The molecular formula is C14H16ClN3O. The van der Waals surface area contributed by atoms with Crippen LogP contribution in [0.3, 0.4) is 0 Å². The molecule has 0 aliphatic rings. The van der Waals surface area contributed by atoms with E-state index < -0.39 is 0 Å². The van der Waals surface area contributed by atoms with E-state index in [-0.39, 0.29) is 0 Å². The molecule has 0 saturated heterocycles. The number of benzene rings is 1. The Morgan fingerprint density at radius 1 is 1.16 bits per heavy atom. The van der Waals surface area contributed by atoms with Crippen LogP contribution in [0, 0.1) is 13.8 Å². The summed E-state index contributed by atoms with van der Waals surface area (Å²) in [5, 5.41) is 3.74. The van der Waals surface area contributed by atoms with Gasteiger partial charge in [-0.25, -0.2) is 9.97 Å². The molecule has 1 aromatic carbocycles. The van der Waals surface area contributed by atoms with Gasteiger partial charge in [-0.3, -0.25) is 0 Å². The minimum atomic E-state index is 0.341. The summed E-state index contributed by atoms with van der Waals surface area (Å²) < 4.78 is 5.73. The number of hydrogen-bond acceptors (Lipinski definition) is 4. The highest BCUT2D eigenvalue weighted by Crippen LogP contribution is 2.29. The van der Waals surface area contributed by atoms with Crippen LogP contribution in [0.15, 0.2) is 24.5 Å².